The molecule has 120 valence electrons. The molecule has 2 heterocycles. The van der Waals surface area contributed by atoms with Gasteiger partial charge in [-0.1, -0.05) is 12.5 Å². The first-order valence-electron chi connectivity index (χ1n) is 7.85. The number of ketones is 1. The van der Waals surface area contributed by atoms with E-state index in [4.69, 9.17) is 4.74 Å². The largest absolute Gasteiger partial charge is 0.496 e. The molecule has 22 heavy (non-hydrogen) atoms. The number of benzene rings is 1. The number of fused-ring (bicyclic) bond motifs is 2. The highest BCUT2D eigenvalue weighted by atomic mass is 32.2. The Bertz CT molecular complexity index is 673. The predicted octanol–water partition coefficient (Wildman–Crippen LogP) is 2.93. The molecule has 2 atom stereocenters. The Labute approximate surface area is 131 Å². The number of carbonyl (C=O) groups is 1. The minimum atomic E-state index is -3.02. The molecule has 2 aliphatic heterocycles. The predicted molar refractivity (Wildman–Crippen MR) is 85.1 cm³/mol. The van der Waals surface area contributed by atoms with E-state index in [-0.39, 0.29) is 22.2 Å². The summed E-state index contributed by atoms with van der Waals surface area (Å²) in [4.78, 5) is 12.9. The van der Waals surface area contributed by atoms with Crippen LogP contribution < -0.4 is 4.74 Å². The van der Waals surface area contributed by atoms with Crippen LogP contribution in [0.4, 0.5) is 0 Å². The monoisotopic (exact) mass is 322 g/mol. The van der Waals surface area contributed by atoms with Crippen LogP contribution in [0.15, 0.2) is 18.2 Å². The minimum Gasteiger partial charge on any atom is -0.496 e. The van der Waals surface area contributed by atoms with E-state index in [1.807, 2.05) is 19.1 Å². The smallest absolute Gasteiger partial charge is 0.169 e. The zero-order chi connectivity index (χ0) is 15.9. The van der Waals surface area contributed by atoms with E-state index in [9.17, 15) is 13.2 Å². The highest BCUT2D eigenvalue weighted by molar-refractivity contribution is 7.92. The van der Waals surface area contributed by atoms with E-state index in [0.717, 1.165) is 12.0 Å². The molecule has 0 aliphatic carbocycles. The minimum absolute atomic E-state index is 0.0312. The van der Waals surface area contributed by atoms with Crippen LogP contribution in [0.1, 0.15) is 48.0 Å². The lowest BCUT2D eigenvalue weighted by Crippen LogP contribution is -2.45. The zero-order valence-corrected chi connectivity index (χ0v) is 13.9. The Morgan fingerprint density at radius 1 is 1.18 bits per heavy atom. The van der Waals surface area contributed by atoms with E-state index in [1.165, 1.54) is 0 Å². The molecule has 0 amide bonds. The average Bonchev–Trinajstić information content (AvgIpc) is 2.45. The fourth-order valence-electron chi connectivity index (χ4n) is 3.84. The quantitative estimate of drug-likeness (QED) is 0.803. The van der Waals surface area contributed by atoms with Gasteiger partial charge >= 0.3 is 0 Å². The van der Waals surface area contributed by atoms with Crippen LogP contribution in [0.3, 0.4) is 0 Å². The Hall–Kier alpha value is -1.36. The lowest BCUT2D eigenvalue weighted by atomic mass is 9.84. The fourth-order valence-corrected chi connectivity index (χ4v) is 6.38. The Morgan fingerprint density at radius 2 is 1.82 bits per heavy atom. The molecule has 2 unspecified atom stereocenters. The standard InChI is InChI=1S/C17H22O4S/c1-11-6-7-15(16(8-11)21-2)17(18)12-9-13-4-3-5-14(10-12)22(13,19)20/h6-8,12-14H,3-5,9-10H2,1-2H3. The van der Waals surface area contributed by atoms with Gasteiger partial charge in [0.15, 0.2) is 15.6 Å². The van der Waals surface area contributed by atoms with Crippen LogP contribution in [0.2, 0.25) is 0 Å². The fraction of sp³-hybridized carbons (Fsp3) is 0.588. The maximum Gasteiger partial charge on any atom is 0.169 e. The molecule has 2 saturated heterocycles. The first-order chi connectivity index (χ1) is 10.4. The Kier molecular flexibility index (Phi) is 4.02. The van der Waals surface area contributed by atoms with Gasteiger partial charge in [0.25, 0.3) is 0 Å². The van der Waals surface area contributed by atoms with Gasteiger partial charge in [-0.15, -0.1) is 0 Å². The van der Waals surface area contributed by atoms with Crippen LogP contribution >= 0.6 is 0 Å². The summed E-state index contributed by atoms with van der Waals surface area (Å²) < 4.78 is 30.0. The molecule has 0 saturated carbocycles. The summed E-state index contributed by atoms with van der Waals surface area (Å²) in [5.74, 6) is 0.419. The van der Waals surface area contributed by atoms with Crippen molar-refractivity contribution in [2.75, 3.05) is 7.11 Å². The second-order valence-electron chi connectivity index (χ2n) is 6.50. The summed E-state index contributed by atoms with van der Waals surface area (Å²) in [5, 5.41) is -0.657. The normalized spacial score (nSPS) is 29.8. The molecule has 1 aromatic carbocycles. The highest BCUT2D eigenvalue weighted by Gasteiger charge is 2.46. The number of ether oxygens (including phenoxy) is 1. The topological polar surface area (TPSA) is 60.4 Å². The van der Waals surface area contributed by atoms with Gasteiger partial charge < -0.3 is 4.74 Å². The second-order valence-corrected chi connectivity index (χ2v) is 9.01. The summed E-state index contributed by atoms with van der Waals surface area (Å²) >= 11 is 0. The first kappa shape index (κ1) is 15.5. The van der Waals surface area contributed by atoms with Gasteiger partial charge in [0.1, 0.15) is 5.75 Å². The van der Waals surface area contributed by atoms with Crippen molar-refractivity contribution >= 4 is 15.6 Å². The third-order valence-corrected chi connectivity index (χ3v) is 7.78. The first-order valence-corrected chi connectivity index (χ1v) is 9.46. The molecule has 2 aliphatic rings. The number of hydrogen-bond donors (Lipinski definition) is 0. The van der Waals surface area contributed by atoms with E-state index >= 15 is 0 Å². The van der Waals surface area contributed by atoms with Crippen LogP contribution in [0.25, 0.3) is 0 Å². The summed E-state index contributed by atoms with van der Waals surface area (Å²) in [7, 11) is -1.46. The molecule has 3 rings (SSSR count). The molecule has 1 aromatic rings. The maximum absolute atomic E-state index is 12.9. The molecule has 0 spiro atoms. The maximum atomic E-state index is 12.9. The molecule has 2 bridgehead atoms. The third-order valence-electron chi connectivity index (χ3n) is 5.07. The van der Waals surface area contributed by atoms with E-state index in [2.05, 4.69) is 0 Å². The molecule has 0 N–H and O–H groups in total. The van der Waals surface area contributed by atoms with Crippen LogP contribution in [0, 0.1) is 12.8 Å². The zero-order valence-electron chi connectivity index (χ0n) is 13.0. The SMILES string of the molecule is COc1cc(C)ccc1C(=O)C1CC2CCCC(C1)S2(=O)=O. The summed E-state index contributed by atoms with van der Waals surface area (Å²) in [6.07, 6.45) is 3.30. The van der Waals surface area contributed by atoms with Gasteiger partial charge in [-0.3, -0.25) is 4.79 Å². The van der Waals surface area contributed by atoms with Gasteiger partial charge in [-0.05, 0) is 50.3 Å². The summed E-state index contributed by atoms with van der Waals surface area (Å²) in [6.45, 7) is 1.95. The van der Waals surface area contributed by atoms with E-state index in [1.54, 1.807) is 13.2 Å². The Balaban J connectivity index is 1.88. The molecule has 0 aromatic heterocycles. The second kappa shape index (κ2) is 5.69. The summed E-state index contributed by atoms with van der Waals surface area (Å²) in [6, 6.07) is 5.55. The average molecular weight is 322 g/mol. The number of rotatable bonds is 3. The van der Waals surface area contributed by atoms with Gasteiger partial charge in [-0.25, -0.2) is 8.42 Å². The van der Waals surface area contributed by atoms with E-state index in [0.29, 0.717) is 37.0 Å². The number of aryl methyl sites for hydroxylation is 1. The van der Waals surface area contributed by atoms with Crippen molar-refractivity contribution in [3.63, 3.8) is 0 Å². The van der Waals surface area contributed by atoms with Crippen molar-refractivity contribution in [3.8, 4) is 5.75 Å². The van der Waals surface area contributed by atoms with Crippen LogP contribution in [-0.4, -0.2) is 31.8 Å². The number of hydrogen-bond acceptors (Lipinski definition) is 4. The van der Waals surface area contributed by atoms with Crippen molar-refractivity contribution in [2.45, 2.75) is 49.5 Å². The molecular formula is C17H22O4S. The lowest BCUT2D eigenvalue weighted by Gasteiger charge is -2.38. The van der Waals surface area contributed by atoms with Crippen molar-refractivity contribution in [1.29, 1.82) is 0 Å². The number of carbonyl (C=O) groups excluding carboxylic acids is 1. The third kappa shape index (κ3) is 2.56. The Morgan fingerprint density at radius 3 is 2.41 bits per heavy atom. The highest BCUT2D eigenvalue weighted by Crippen LogP contribution is 2.41. The van der Waals surface area contributed by atoms with Gasteiger partial charge in [-0.2, -0.15) is 0 Å². The van der Waals surface area contributed by atoms with Crippen LogP contribution in [-0.2, 0) is 9.84 Å². The molecular weight excluding hydrogens is 300 g/mol. The lowest BCUT2D eigenvalue weighted by molar-refractivity contribution is 0.0891. The number of methoxy groups -OCH3 is 1. The van der Waals surface area contributed by atoms with E-state index < -0.39 is 9.84 Å². The molecule has 2 fully saturated rings. The molecule has 4 nitrogen and oxygen atoms in total. The molecule has 0 radical (unpaired) electrons. The molecule has 5 heteroatoms. The van der Waals surface area contributed by atoms with Crippen molar-refractivity contribution in [3.05, 3.63) is 29.3 Å². The van der Waals surface area contributed by atoms with Crippen molar-refractivity contribution in [1.82, 2.24) is 0 Å². The van der Waals surface area contributed by atoms with Crippen molar-refractivity contribution < 1.29 is 17.9 Å². The van der Waals surface area contributed by atoms with Gasteiger partial charge in [0.05, 0.1) is 23.2 Å². The number of sulfone groups is 1. The summed E-state index contributed by atoms with van der Waals surface area (Å²) in [5.41, 5.74) is 1.62. The van der Waals surface area contributed by atoms with Gasteiger partial charge in [0.2, 0.25) is 0 Å². The van der Waals surface area contributed by atoms with Gasteiger partial charge in [0, 0.05) is 5.92 Å². The van der Waals surface area contributed by atoms with Crippen LogP contribution in [0.5, 0.6) is 5.75 Å². The van der Waals surface area contributed by atoms with Crippen molar-refractivity contribution in [2.24, 2.45) is 5.92 Å². The number of Topliss-reactive ketones (excluding diaryl/α,β-unsaturated/α-hetero) is 1.